The van der Waals surface area contributed by atoms with Crippen LogP contribution in [-0.4, -0.2) is 31.3 Å². The zero-order chi connectivity index (χ0) is 14.2. The Balaban J connectivity index is 2.39. The first-order valence-electron chi connectivity index (χ1n) is 6.12. The van der Waals surface area contributed by atoms with Crippen LogP contribution in [-0.2, 0) is 14.6 Å². The number of anilines is 1. The van der Waals surface area contributed by atoms with Gasteiger partial charge in [-0.05, 0) is 31.4 Å². The summed E-state index contributed by atoms with van der Waals surface area (Å²) in [7, 11) is -3.35. The van der Waals surface area contributed by atoms with Crippen LogP contribution in [0, 0.1) is 13.8 Å². The molecule has 1 unspecified atom stereocenters. The molecule has 104 valence electrons. The van der Waals surface area contributed by atoms with Crippen LogP contribution in [0.4, 0.5) is 5.69 Å². The summed E-state index contributed by atoms with van der Waals surface area (Å²) < 4.78 is 24.6. The molecule has 0 amide bonds. The fraction of sp³-hybridized carbons (Fsp3) is 0.462. The highest BCUT2D eigenvalue weighted by Gasteiger charge is 2.32. The van der Waals surface area contributed by atoms with Crippen molar-refractivity contribution < 1.29 is 18.3 Å². The first-order valence-corrected chi connectivity index (χ1v) is 7.78. The average Bonchev–Trinajstić information content (AvgIpc) is 2.30. The Labute approximate surface area is 112 Å². The maximum Gasteiger partial charge on any atom is 0.303 e. The van der Waals surface area contributed by atoms with Gasteiger partial charge in [-0.3, -0.25) is 4.79 Å². The van der Waals surface area contributed by atoms with Gasteiger partial charge in [0.2, 0.25) is 0 Å². The molecule has 0 saturated heterocycles. The summed E-state index contributed by atoms with van der Waals surface area (Å²) in [6.45, 7) is 3.62. The highest BCUT2D eigenvalue weighted by Crippen LogP contribution is 2.34. The average molecular weight is 283 g/mol. The molecule has 0 radical (unpaired) electrons. The number of carbonyl (C=O) groups is 1. The summed E-state index contributed by atoms with van der Waals surface area (Å²) in [5, 5.41) is 11.9. The number of benzene rings is 1. The number of hydrogen-bond donors (Lipinski definition) is 2. The van der Waals surface area contributed by atoms with Crippen LogP contribution in [0.1, 0.15) is 24.0 Å². The highest BCUT2D eigenvalue weighted by atomic mass is 32.2. The number of nitrogens with one attached hydrogen (secondary N) is 1. The third-order valence-corrected chi connectivity index (χ3v) is 5.34. The minimum absolute atomic E-state index is 0.0343. The molecule has 1 aromatic rings. The fourth-order valence-electron chi connectivity index (χ4n) is 2.41. The van der Waals surface area contributed by atoms with Crippen LogP contribution in [0.15, 0.2) is 17.0 Å². The number of aliphatic carboxylic acids is 1. The van der Waals surface area contributed by atoms with Crippen molar-refractivity contribution in [1.29, 1.82) is 0 Å². The van der Waals surface area contributed by atoms with Crippen LogP contribution >= 0.6 is 0 Å². The Morgan fingerprint density at radius 2 is 2.00 bits per heavy atom. The van der Waals surface area contributed by atoms with E-state index in [0.717, 1.165) is 11.1 Å². The molecule has 0 spiro atoms. The minimum atomic E-state index is -3.35. The standard InChI is InChI=1S/C13H17NO4S/c1-8-3-4-9(2)13-12(8)14-10(5-6-11(15)16)7-19(13,17)18/h3-4,10,14H,5-7H2,1-2H3,(H,15,16). The summed E-state index contributed by atoms with van der Waals surface area (Å²) in [5.74, 6) is -0.955. The second-order valence-corrected chi connectivity index (χ2v) is 6.93. The van der Waals surface area contributed by atoms with Crippen LogP contribution in [0.5, 0.6) is 0 Å². The third kappa shape index (κ3) is 2.73. The summed E-state index contributed by atoms with van der Waals surface area (Å²) in [6.07, 6.45) is 0.273. The van der Waals surface area contributed by atoms with Gasteiger partial charge in [-0.1, -0.05) is 12.1 Å². The van der Waals surface area contributed by atoms with Crippen molar-refractivity contribution in [3.8, 4) is 0 Å². The molecule has 1 aliphatic heterocycles. The minimum Gasteiger partial charge on any atom is -0.481 e. The zero-order valence-corrected chi connectivity index (χ0v) is 11.8. The monoisotopic (exact) mass is 283 g/mol. The van der Waals surface area contributed by atoms with E-state index >= 15 is 0 Å². The lowest BCUT2D eigenvalue weighted by atomic mass is 10.1. The van der Waals surface area contributed by atoms with Crippen molar-refractivity contribution in [3.05, 3.63) is 23.3 Å². The first kappa shape index (κ1) is 13.9. The SMILES string of the molecule is Cc1ccc(C)c2c1NC(CCC(=O)O)CS2(=O)=O. The Morgan fingerprint density at radius 3 is 2.63 bits per heavy atom. The molecule has 1 atom stereocenters. The highest BCUT2D eigenvalue weighted by molar-refractivity contribution is 7.91. The lowest BCUT2D eigenvalue weighted by molar-refractivity contribution is -0.137. The molecule has 2 N–H and O–H groups in total. The van der Waals surface area contributed by atoms with Gasteiger partial charge >= 0.3 is 5.97 Å². The number of carboxylic acids is 1. The van der Waals surface area contributed by atoms with Crippen molar-refractivity contribution in [3.63, 3.8) is 0 Å². The molecule has 0 fully saturated rings. The van der Waals surface area contributed by atoms with Gasteiger partial charge in [0.05, 0.1) is 16.3 Å². The van der Waals surface area contributed by atoms with Gasteiger partial charge in [0.15, 0.2) is 9.84 Å². The van der Waals surface area contributed by atoms with Crippen molar-refractivity contribution in [2.45, 2.75) is 37.6 Å². The fourth-order valence-corrected chi connectivity index (χ4v) is 4.45. The molecule has 0 aromatic heterocycles. The van der Waals surface area contributed by atoms with Crippen LogP contribution < -0.4 is 5.32 Å². The molecule has 0 aliphatic carbocycles. The number of hydrogen-bond acceptors (Lipinski definition) is 4. The number of fused-ring (bicyclic) bond motifs is 1. The van der Waals surface area contributed by atoms with E-state index in [2.05, 4.69) is 5.32 Å². The van der Waals surface area contributed by atoms with Gasteiger partial charge < -0.3 is 10.4 Å². The third-order valence-electron chi connectivity index (χ3n) is 3.35. The smallest absolute Gasteiger partial charge is 0.303 e. The van der Waals surface area contributed by atoms with E-state index < -0.39 is 15.8 Å². The van der Waals surface area contributed by atoms with Gasteiger partial charge in [0.1, 0.15) is 0 Å². The largest absolute Gasteiger partial charge is 0.481 e. The molecule has 6 heteroatoms. The van der Waals surface area contributed by atoms with E-state index in [1.807, 2.05) is 13.0 Å². The lowest BCUT2D eigenvalue weighted by Gasteiger charge is -2.29. The molecule has 0 bridgehead atoms. The van der Waals surface area contributed by atoms with Crippen molar-refractivity contribution in [1.82, 2.24) is 0 Å². The number of rotatable bonds is 3. The van der Waals surface area contributed by atoms with Gasteiger partial charge in [-0.25, -0.2) is 8.42 Å². The number of carboxylic acid groups (broad SMARTS) is 1. The molecule has 0 saturated carbocycles. The van der Waals surface area contributed by atoms with E-state index in [1.165, 1.54) is 0 Å². The van der Waals surface area contributed by atoms with E-state index in [-0.39, 0.29) is 18.2 Å². The molecular weight excluding hydrogens is 266 g/mol. The van der Waals surface area contributed by atoms with E-state index in [9.17, 15) is 13.2 Å². The van der Waals surface area contributed by atoms with E-state index in [4.69, 9.17) is 5.11 Å². The van der Waals surface area contributed by atoms with E-state index in [1.54, 1.807) is 13.0 Å². The first-order chi connectivity index (χ1) is 8.81. The van der Waals surface area contributed by atoms with Crippen molar-refractivity contribution in [2.24, 2.45) is 0 Å². The molecular formula is C13H17NO4S. The van der Waals surface area contributed by atoms with Crippen molar-refractivity contribution >= 4 is 21.5 Å². The molecule has 1 aliphatic rings. The van der Waals surface area contributed by atoms with Crippen LogP contribution in [0.25, 0.3) is 0 Å². The molecule has 1 heterocycles. The Hall–Kier alpha value is -1.56. The second-order valence-electron chi connectivity index (χ2n) is 4.96. The lowest BCUT2D eigenvalue weighted by Crippen LogP contribution is -2.35. The topological polar surface area (TPSA) is 83.5 Å². The second kappa shape index (κ2) is 4.85. The van der Waals surface area contributed by atoms with Gasteiger partial charge in [-0.15, -0.1) is 0 Å². The maximum absolute atomic E-state index is 12.3. The summed E-state index contributed by atoms with van der Waals surface area (Å²) in [4.78, 5) is 11.0. The Kier molecular flexibility index (Phi) is 3.54. The Morgan fingerprint density at radius 1 is 1.37 bits per heavy atom. The Bertz CT molecular complexity index is 622. The predicted octanol–water partition coefficient (Wildman–Crippen LogP) is 1.74. The number of aryl methyl sites for hydroxylation is 2. The van der Waals surface area contributed by atoms with Gasteiger partial charge in [-0.2, -0.15) is 0 Å². The summed E-state index contributed by atoms with van der Waals surface area (Å²) >= 11 is 0. The summed E-state index contributed by atoms with van der Waals surface area (Å²) in [6, 6.07) is 3.33. The van der Waals surface area contributed by atoms with Gasteiger partial charge in [0.25, 0.3) is 0 Å². The van der Waals surface area contributed by atoms with Crippen molar-refractivity contribution in [2.75, 3.05) is 11.1 Å². The molecule has 5 nitrogen and oxygen atoms in total. The normalized spacial score (nSPS) is 20.4. The zero-order valence-electron chi connectivity index (χ0n) is 10.9. The van der Waals surface area contributed by atoms with Crippen LogP contribution in [0.3, 0.4) is 0 Å². The quantitative estimate of drug-likeness (QED) is 0.882. The van der Waals surface area contributed by atoms with Gasteiger partial charge in [0, 0.05) is 12.5 Å². The predicted molar refractivity (Wildman–Crippen MR) is 72.2 cm³/mol. The summed E-state index contributed by atoms with van der Waals surface area (Å²) in [5.41, 5.74) is 2.22. The van der Waals surface area contributed by atoms with E-state index in [0.29, 0.717) is 17.0 Å². The van der Waals surface area contributed by atoms with Crippen LogP contribution in [0.2, 0.25) is 0 Å². The number of sulfone groups is 1. The molecule has 1 aromatic carbocycles. The molecule has 2 rings (SSSR count). The maximum atomic E-state index is 12.3. The molecule has 19 heavy (non-hydrogen) atoms.